The van der Waals surface area contributed by atoms with Crippen molar-refractivity contribution < 1.29 is 28.2 Å². The minimum atomic E-state index is -2.36. The van der Waals surface area contributed by atoms with E-state index in [4.69, 9.17) is 13.9 Å². The van der Waals surface area contributed by atoms with E-state index in [2.05, 4.69) is 38.6 Å². The van der Waals surface area contributed by atoms with Gasteiger partial charge in [0, 0.05) is 12.8 Å². The highest BCUT2D eigenvalue weighted by atomic mass is 28.4. The van der Waals surface area contributed by atoms with Crippen LogP contribution in [0.4, 0.5) is 0 Å². The number of hydrogen-bond acceptors (Lipinski definition) is 6. The van der Waals surface area contributed by atoms with Gasteiger partial charge in [0.25, 0.3) is 0 Å². The second-order valence-corrected chi connectivity index (χ2v) is 13.7. The highest BCUT2D eigenvalue weighted by molar-refractivity contribution is 6.74. The van der Waals surface area contributed by atoms with Crippen molar-refractivity contribution in [2.75, 3.05) is 13.7 Å². The van der Waals surface area contributed by atoms with Crippen LogP contribution in [0.1, 0.15) is 45.6 Å². The fourth-order valence-corrected chi connectivity index (χ4v) is 4.37. The summed E-state index contributed by atoms with van der Waals surface area (Å²) in [5, 5.41) is -0.113. The molecular weight excluding hydrogens is 388 g/mol. The van der Waals surface area contributed by atoms with Crippen LogP contribution in [0.25, 0.3) is 0 Å². The van der Waals surface area contributed by atoms with Gasteiger partial charge in [0.1, 0.15) is 6.10 Å². The molecule has 2 atom stereocenters. The molecular formula is C22H34O6Si. The normalized spacial score (nSPS) is 22.5. The van der Waals surface area contributed by atoms with Crippen LogP contribution in [-0.2, 0) is 34.8 Å². The molecule has 7 heteroatoms. The third kappa shape index (κ3) is 5.75. The molecule has 0 aliphatic carbocycles. The zero-order valence-electron chi connectivity index (χ0n) is 18.4. The average molecular weight is 423 g/mol. The SMILES string of the molecule is COC(=O)CCC(=O)[C@@]1(O[Si](C)(C)C(C)(C)C)OCC[C@H]1OCc1ccccc1. The van der Waals surface area contributed by atoms with Gasteiger partial charge in [-0.1, -0.05) is 51.1 Å². The standard InChI is InChI=1S/C22H34O6Si/c1-21(2,3)29(5,6)28-22(18(23)12-13-20(24)25-4)19(14-15-27-22)26-16-17-10-8-7-9-11-17/h7-11,19H,12-16H2,1-6H3/t19-,22+/m1/s1. The average Bonchev–Trinajstić information content (AvgIpc) is 3.07. The summed E-state index contributed by atoms with van der Waals surface area (Å²) in [6.45, 7) is 11.2. The number of Topliss-reactive ketones (excluding diaryl/α,β-unsaturated/α-hetero) is 1. The molecule has 0 aromatic heterocycles. The molecule has 162 valence electrons. The lowest BCUT2D eigenvalue weighted by Crippen LogP contribution is -2.58. The predicted octanol–water partition coefficient (Wildman–Crippen LogP) is 4.23. The van der Waals surface area contributed by atoms with E-state index in [-0.39, 0.29) is 23.7 Å². The second kappa shape index (κ2) is 9.51. The third-order valence-electron chi connectivity index (χ3n) is 5.80. The molecule has 0 saturated carbocycles. The van der Waals surface area contributed by atoms with E-state index in [1.807, 2.05) is 30.3 Å². The van der Waals surface area contributed by atoms with Gasteiger partial charge >= 0.3 is 5.97 Å². The molecule has 1 aromatic rings. The topological polar surface area (TPSA) is 71.1 Å². The summed E-state index contributed by atoms with van der Waals surface area (Å²) in [7, 11) is -1.05. The number of carbonyl (C=O) groups excluding carboxylic acids is 2. The van der Waals surface area contributed by atoms with Gasteiger partial charge in [0.05, 0.1) is 26.7 Å². The van der Waals surface area contributed by atoms with Gasteiger partial charge in [0.2, 0.25) is 5.79 Å². The fraction of sp³-hybridized carbons (Fsp3) is 0.636. The lowest BCUT2D eigenvalue weighted by Gasteiger charge is -2.44. The molecule has 2 rings (SSSR count). The highest BCUT2D eigenvalue weighted by Crippen LogP contribution is 2.43. The summed E-state index contributed by atoms with van der Waals surface area (Å²) in [5.41, 5.74) is 1.02. The molecule has 1 aliphatic rings. The molecule has 29 heavy (non-hydrogen) atoms. The molecule has 0 radical (unpaired) electrons. The first-order valence-corrected chi connectivity index (χ1v) is 13.0. The molecule has 1 heterocycles. The molecule has 6 nitrogen and oxygen atoms in total. The first kappa shape index (κ1) is 23.7. The summed E-state index contributed by atoms with van der Waals surface area (Å²) in [6.07, 6.45) is 0.0203. The van der Waals surface area contributed by atoms with Crippen LogP contribution in [0.5, 0.6) is 0 Å². The number of benzene rings is 1. The van der Waals surface area contributed by atoms with Crippen molar-refractivity contribution in [2.45, 2.75) is 76.7 Å². The summed E-state index contributed by atoms with van der Waals surface area (Å²) in [4.78, 5) is 24.9. The summed E-state index contributed by atoms with van der Waals surface area (Å²) < 4.78 is 23.4. The Bertz CT molecular complexity index is 697. The second-order valence-electron chi connectivity index (χ2n) is 8.95. The van der Waals surface area contributed by atoms with Crippen LogP contribution in [0.15, 0.2) is 30.3 Å². The smallest absolute Gasteiger partial charge is 0.305 e. The van der Waals surface area contributed by atoms with Gasteiger partial charge in [-0.2, -0.15) is 0 Å². The molecule has 1 aromatic carbocycles. The van der Waals surface area contributed by atoms with Crippen molar-refractivity contribution in [2.24, 2.45) is 0 Å². The van der Waals surface area contributed by atoms with Crippen LogP contribution in [0.3, 0.4) is 0 Å². The molecule has 1 saturated heterocycles. The van der Waals surface area contributed by atoms with Gasteiger partial charge in [0.15, 0.2) is 14.1 Å². The fourth-order valence-electron chi connectivity index (χ4n) is 3.00. The Morgan fingerprint density at radius 1 is 1.17 bits per heavy atom. The lowest BCUT2D eigenvalue weighted by atomic mass is 10.0. The number of ether oxygens (including phenoxy) is 3. The van der Waals surface area contributed by atoms with E-state index in [0.717, 1.165) is 5.56 Å². The van der Waals surface area contributed by atoms with Crippen molar-refractivity contribution in [1.29, 1.82) is 0 Å². The van der Waals surface area contributed by atoms with Gasteiger partial charge < -0.3 is 18.6 Å². The van der Waals surface area contributed by atoms with Gasteiger partial charge in [-0.25, -0.2) is 0 Å². The van der Waals surface area contributed by atoms with Crippen LogP contribution < -0.4 is 0 Å². The Morgan fingerprint density at radius 3 is 2.41 bits per heavy atom. The summed E-state index contributed by atoms with van der Waals surface area (Å²) >= 11 is 0. The number of carbonyl (C=O) groups is 2. The first-order valence-electron chi connectivity index (χ1n) is 10.1. The third-order valence-corrected chi connectivity index (χ3v) is 10.2. The van der Waals surface area contributed by atoms with Crippen LogP contribution in [0, 0.1) is 0 Å². The molecule has 0 N–H and O–H groups in total. The Labute approximate surface area is 175 Å². The van der Waals surface area contributed by atoms with Crippen molar-refractivity contribution >= 4 is 20.1 Å². The van der Waals surface area contributed by atoms with Crippen molar-refractivity contribution in [3.63, 3.8) is 0 Å². The first-order chi connectivity index (χ1) is 13.5. The Hall–Kier alpha value is -1.54. The number of rotatable bonds is 9. The largest absolute Gasteiger partial charge is 0.469 e. The Kier molecular flexibility index (Phi) is 7.78. The van der Waals surface area contributed by atoms with E-state index in [0.29, 0.717) is 19.6 Å². The predicted molar refractivity (Wildman–Crippen MR) is 113 cm³/mol. The van der Waals surface area contributed by atoms with E-state index in [1.54, 1.807) is 0 Å². The molecule has 1 aliphatic heterocycles. The van der Waals surface area contributed by atoms with Gasteiger partial charge in [-0.3, -0.25) is 9.59 Å². The number of methoxy groups -OCH3 is 1. The maximum absolute atomic E-state index is 13.3. The van der Waals surface area contributed by atoms with E-state index < -0.39 is 26.2 Å². The van der Waals surface area contributed by atoms with E-state index in [9.17, 15) is 9.59 Å². The Balaban J connectivity index is 2.26. The lowest BCUT2D eigenvalue weighted by molar-refractivity contribution is -0.213. The quantitative estimate of drug-likeness (QED) is 0.438. The number of ketones is 1. The molecule has 0 amide bonds. The number of esters is 1. The minimum Gasteiger partial charge on any atom is -0.469 e. The zero-order valence-corrected chi connectivity index (χ0v) is 19.4. The van der Waals surface area contributed by atoms with E-state index in [1.165, 1.54) is 7.11 Å². The van der Waals surface area contributed by atoms with Gasteiger partial charge in [-0.05, 0) is 23.7 Å². The maximum Gasteiger partial charge on any atom is 0.305 e. The Morgan fingerprint density at radius 2 is 1.83 bits per heavy atom. The van der Waals surface area contributed by atoms with Crippen LogP contribution in [-0.4, -0.2) is 45.7 Å². The maximum atomic E-state index is 13.3. The van der Waals surface area contributed by atoms with Crippen molar-refractivity contribution in [3.8, 4) is 0 Å². The highest BCUT2D eigenvalue weighted by Gasteiger charge is 2.57. The summed E-state index contributed by atoms with van der Waals surface area (Å²) in [5.74, 6) is -2.17. The monoisotopic (exact) mass is 422 g/mol. The zero-order chi connectivity index (χ0) is 21.7. The molecule has 0 spiro atoms. The van der Waals surface area contributed by atoms with Crippen LogP contribution in [0.2, 0.25) is 18.1 Å². The van der Waals surface area contributed by atoms with Gasteiger partial charge in [-0.15, -0.1) is 0 Å². The number of hydrogen-bond donors (Lipinski definition) is 0. The van der Waals surface area contributed by atoms with Crippen molar-refractivity contribution in [3.05, 3.63) is 35.9 Å². The minimum absolute atomic E-state index is 0.00723. The van der Waals surface area contributed by atoms with Crippen molar-refractivity contribution in [1.82, 2.24) is 0 Å². The summed E-state index contributed by atoms with van der Waals surface area (Å²) in [6, 6.07) is 9.80. The van der Waals surface area contributed by atoms with E-state index >= 15 is 0 Å². The molecule has 1 fully saturated rings. The molecule has 0 bridgehead atoms. The molecule has 0 unspecified atom stereocenters. The van der Waals surface area contributed by atoms with Crippen LogP contribution >= 0.6 is 0 Å².